The lowest BCUT2D eigenvalue weighted by Gasteiger charge is -2.10. The van der Waals surface area contributed by atoms with Crippen LogP contribution in [0.2, 0.25) is 5.02 Å². The number of benzene rings is 1. The van der Waals surface area contributed by atoms with Crippen molar-refractivity contribution >= 4 is 49.3 Å². The minimum absolute atomic E-state index is 0.671. The fourth-order valence-electron chi connectivity index (χ4n) is 1.61. The maximum atomic E-state index is 6.00. The predicted octanol–water partition coefficient (Wildman–Crippen LogP) is 5.06. The molecule has 0 aliphatic carbocycles. The molecule has 0 bridgehead atoms. The summed E-state index contributed by atoms with van der Waals surface area (Å²) in [6.07, 6.45) is 0. The molecule has 0 radical (unpaired) electrons. The van der Waals surface area contributed by atoms with Crippen LogP contribution < -0.4 is 5.32 Å². The van der Waals surface area contributed by atoms with E-state index in [-0.39, 0.29) is 0 Å². The first-order valence-electron chi connectivity index (χ1n) is 5.76. The molecule has 0 amide bonds. The molecule has 2 rings (SSSR count). The average molecular weight is 406 g/mol. The Morgan fingerprint density at radius 2 is 2.00 bits per heavy atom. The monoisotopic (exact) mass is 403 g/mol. The Balaban J connectivity index is 2.52. The highest BCUT2D eigenvalue weighted by atomic mass is 79.9. The van der Waals surface area contributed by atoms with Gasteiger partial charge in [-0.1, -0.05) is 11.6 Å². The third-order valence-electron chi connectivity index (χ3n) is 2.54. The summed E-state index contributed by atoms with van der Waals surface area (Å²) < 4.78 is 1.73. The summed E-state index contributed by atoms with van der Waals surface area (Å²) in [4.78, 5) is 9.03. The van der Waals surface area contributed by atoms with Gasteiger partial charge in [0.2, 0.25) is 0 Å². The van der Waals surface area contributed by atoms with Crippen molar-refractivity contribution in [1.82, 2.24) is 9.97 Å². The molecule has 0 saturated carbocycles. The van der Waals surface area contributed by atoms with Crippen molar-refractivity contribution in [3.05, 3.63) is 37.9 Å². The van der Waals surface area contributed by atoms with Crippen LogP contribution in [0, 0.1) is 6.92 Å². The Morgan fingerprint density at radius 1 is 1.26 bits per heavy atom. The molecule has 19 heavy (non-hydrogen) atoms. The van der Waals surface area contributed by atoms with Gasteiger partial charge in [0.25, 0.3) is 0 Å². The van der Waals surface area contributed by atoms with E-state index < -0.39 is 0 Å². The second-order valence-electron chi connectivity index (χ2n) is 3.95. The molecule has 1 N–H and O–H groups in total. The molecule has 1 heterocycles. The van der Waals surface area contributed by atoms with Gasteiger partial charge in [0.05, 0.1) is 15.2 Å². The zero-order valence-corrected chi connectivity index (χ0v) is 14.4. The number of halogens is 3. The first-order chi connectivity index (χ1) is 9.02. The van der Waals surface area contributed by atoms with E-state index in [1.54, 1.807) is 0 Å². The van der Waals surface area contributed by atoms with Gasteiger partial charge in [-0.3, -0.25) is 0 Å². The number of aromatic nitrogens is 2. The number of rotatable bonds is 3. The maximum absolute atomic E-state index is 6.00. The van der Waals surface area contributed by atoms with Gasteiger partial charge in [0, 0.05) is 16.6 Å². The quantitative estimate of drug-likeness (QED) is 0.775. The van der Waals surface area contributed by atoms with Gasteiger partial charge in [-0.2, -0.15) is 0 Å². The summed E-state index contributed by atoms with van der Waals surface area (Å²) in [5.41, 5.74) is 1.82. The molecule has 0 unspecified atom stereocenters. The highest BCUT2D eigenvalue weighted by Gasteiger charge is 2.11. The maximum Gasteiger partial charge on any atom is 0.161 e. The van der Waals surface area contributed by atoms with Crippen molar-refractivity contribution in [1.29, 1.82) is 0 Å². The Morgan fingerprint density at radius 3 is 2.63 bits per heavy atom. The summed E-state index contributed by atoms with van der Waals surface area (Å²) in [7, 11) is 0. The SMILES string of the molecule is CCNc1nc(-c2ccc(Cl)c(Br)c2)nc(C)c1Br. The van der Waals surface area contributed by atoms with Gasteiger partial charge < -0.3 is 5.32 Å². The highest BCUT2D eigenvalue weighted by Crippen LogP contribution is 2.30. The third-order valence-corrected chi connectivity index (χ3v) is 4.70. The van der Waals surface area contributed by atoms with E-state index >= 15 is 0 Å². The van der Waals surface area contributed by atoms with Crippen LogP contribution in [-0.2, 0) is 0 Å². The Bertz CT molecular complexity index is 617. The molecule has 100 valence electrons. The highest BCUT2D eigenvalue weighted by molar-refractivity contribution is 9.11. The summed E-state index contributed by atoms with van der Waals surface area (Å²) in [6, 6.07) is 5.65. The normalized spacial score (nSPS) is 10.6. The first kappa shape index (κ1) is 14.8. The molecule has 0 fully saturated rings. The molecule has 2 aromatic rings. The van der Waals surface area contributed by atoms with Crippen LogP contribution >= 0.6 is 43.5 Å². The lowest BCUT2D eigenvalue weighted by molar-refractivity contribution is 1.06. The van der Waals surface area contributed by atoms with Gasteiger partial charge in [-0.15, -0.1) is 0 Å². The number of aryl methyl sites for hydroxylation is 1. The fourth-order valence-corrected chi connectivity index (χ4v) is 2.42. The van der Waals surface area contributed by atoms with E-state index in [4.69, 9.17) is 11.6 Å². The summed E-state index contributed by atoms with van der Waals surface area (Å²) in [6.45, 7) is 4.78. The number of nitrogens with one attached hydrogen (secondary N) is 1. The summed E-state index contributed by atoms with van der Waals surface area (Å²) in [5.74, 6) is 1.48. The molecule has 0 spiro atoms. The largest absolute Gasteiger partial charge is 0.369 e. The van der Waals surface area contributed by atoms with Gasteiger partial charge in [-0.05, 0) is 63.9 Å². The van der Waals surface area contributed by atoms with E-state index in [0.29, 0.717) is 10.8 Å². The molecular formula is C13H12Br2ClN3. The summed E-state index contributed by atoms with van der Waals surface area (Å²) in [5, 5.41) is 3.89. The molecule has 1 aromatic heterocycles. The Hall–Kier alpha value is -0.650. The van der Waals surface area contributed by atoms with E-state index in [2.05, 4.69) is 47.1 Å². The molecule has 6 heteroatoms. The average Bonchev–Trinajstić information content (AvgIpc) is 2.38. The minimum Gasteiger partial charge on any atom is -0.369 e. The van der Waals surface area contributed by atoms with Crippen molar-refractivity contribution in [2.75, 3.05) is 11.9 Å². The fraction of sp³-hybridized carbons (Fsp3) is 0.231. The topological polar surface area (TPSA) is 37.8 Å². The second kappa shape index (κ2) is 6.20. The molecular weight excluding hydrogens is 393 g/mol. The van der Waals surface area contributed by atoms with E-state index in [9.17, 15) is 0 Å². The predicted molar refractivity (Wildman–Crippen MR) is 86.8 cm³/mol. The number of hydrogen-bond donors (Lipinski definition) is 1. The van der Waals surface area contributed by atoms with Crippen molar-refractivity contribution in [3.63, 3.8) is 0 Å². The number of hydrogen-bond acceptors (Lipinski definition) is 3. The van der Waals surface area contributed by atoms with Gasteiger partial charge in [-0.25, -0.2) is 9.97 Å². The third kappa shape index (κ3) is 3.27. The van der Waals surface area contributed by atoms with Crippen molar-refractivity contribution < 1.29 is 0 Å². The van der Waals surface area contributed by atoms with Crippen LogP contribution in [0.5, 0.6) is 0 Å². The summed E-state index contributed by atoms with van der Waals surface area (Å²) >= 11 is 12.9. The van der Waals surface area contributed by atoms with Crippen LogP contribution in [0.4, 0.5) is 5.82 Å². The van der Waals surface area contributed by atoms with Crippen LogP contribution in [0.1, 0.15) is 12.6 Å². The lowest BCUT2D eigenvalue weighted by atomic mass is 10.2. The van der Waals surface area contributed by atoms with Crippen molar-refractivity contribution in [2.24, 2.45) is 0 Å². The molecule has 1 aromatic carbocycles. The zero-order chi connectivity index (χ0) is 14.0. The molecule has 0 aliphatic rings. The van der Waals surface area contributed by atoms with Gasteiger partial charge in [0.15, 0.2) is 5.82 Å². The minimum atomic E-state index is 0.671. The number of nitrogens with zero attached hydrogens (tertiary/aromatic N) is 2. The van der Waals surface area contributed by atoms with Crippen molar-refractivity contribution in [2.45, 2.75) is 13.8 Å². The van der Waals surface area contributed by atoms with Crippen LogP contribution in [0.25, 0.3) is 11.4 Å². The van der Waals surface area contributed by atoms with E-state index in [0.717, 1.165) is 32.6 Å². The second-order valence-corrected chi connectivity index (χ2v) is 6.01. The van der Waals surface area contributed by atoms with Crippen LogP contribution in [0.15, 0.2) is 27.1 Å². The molecule has 3 nitrogen and oxygen atoms in total. The van der Waals surface area contributed by atoms with Crippen LogP contribution in [0.3, 0.4) is 0 Å². The zero-order valence-electron chi connectivity index (χ0n) is 10.5. The molecule has 0 saturated heterocycles. The Kier molecular flexibility index (Phi) is 4.81. The lowest BCUT2D eigenvalue weighted by Crippen LogP contribution is -2.04. The molecule has 0 aliphatic heterocycles. The standard InChI is InChI=1S/C13H12Br2ClN3/c1-3-17-13-11(15)7(2)18-12(19-13)8-4-5-10(16)9(14)6-8/h4-6H,3H2,1-2H3,(H,17,18,19). The first-order valence-corrected chi connectivity index (χ1v) is 7.72. The van der Waals surface area contributed by atoms with Gasteiger partial charge >= 0.3 is 0 Å². The Labute approximate surface area is 134 Å². The number of anilines is 1. The van der Waals surface area contributed by atoms with Gasteiger partial charge in [0.1, 0.15) is 5.82 Å². The smallest absolute Gasteiger partial charge is 0.161 e. The molecule has 0 atom stereocenters. The van der Waals surface area contributed by atoms with E-state index in [1.807, 2.05) is 32.0 Å². The van der Waals surface area contributed by atoms with Crippen LogP contribution in [-0.4, -0.2) is 16.5 Å². The van der Waals surface area contributed by atoms with E-state index in [1.165, 1.54) is 0 Å². The van der Waals surface area contributed by atoms with Crippen molar-refractivity contribution in [3.8, 4) is 11.4 Å².